The maximum absolute atomic E-state index is 13.6. The Hall–Kier alpha value is -3.26. The van der Waals surface area contributed by atoms with Crippen LogP contribution < -0.4 is 5.32 Å². The number of carbonyl (C=O) groups excluding carboxylic acids is 3. The highest BCUT2D eigenvalue weighted by molar-refractivity contribution is 5.98. The quantitative estimate of drug-likeness (QED) is 0.709. The predicted molar refractivity (Wildman–Crippen MR) is 125 cm³/mol. The van der Waals surface area contributed by atoms with Crippen molar-refractivity contribution in [2.75, 3.05) is 26.2 Å². The summed E-state index contributed by atoms with van der Waals surface area (Å²) in [5.74, 6) is -0.0747. The molecule has 1 aromatic carbocycles. The summed E-state index contributed by atoms with van der Waals surface area (Å²) in [5.41, 5.74) is 0.540. The molecular weight excluding hydrogens is 432 g/mol. The number of pyridine rings is 1. The van der Waals surface area contributed by atoms with Gasteiger partial charge in [-0.2, -0.15) is 0 Å². The molecule has 1 spiro atoms. The van der Waals surface area contributed by atoms with E-state index in [-0.39, 0.29) is 30.2 Å². The van der Waals surface area contributed by atoms with Crippen LogP contribution in [0.15, 0.2) is 54.7 Å². The van der Waals surface area contributed by atoms with Crippen molar-refractivity contribution >= 4 is 17.7 Å². The number of likely N-dealkylation sites (tertiary alicyclic amines) is 1. The first-order valence-electron chi connectivity index (χ1n) is 12.1. The highest BCUT2D eigenvalue weighted by Gasteiger charge is 2.54. The molecule has 0 bridgehead atoms. The van der Waals surface area contributed by atoms with E-state index in [9.17, 15) is 14.4 Å². The summed E-state index contributed by atoms with van der Waals surface area (Å²) in [4.78, 5) is 47.2. The Kier molecular flexibility index (Phi) is 6.32. The molecule has 1 aliphatic carbocycles. The van der Waals surface area contributed by atoms with Crippen molar-refractivity contribution in [3.05, 3.63) is 66.0 Å². The number of piperidine rings is 1. The Bertz CT molecular complexity index is 1030. The summed E-state index contributed by atoms with van der Waals surface area (Å²) in [6, 6.07) is 14.0. The molecule has 3 heterocycles. The standard InChI is InChI=1S/C26H30N4O4/c31-23(28-15-11-21-8-4-5-14-27-21)22-18-34-26(30(22)25(33)19-6-2-1-3-7-19)12-16-29(17-13-26)24(32)20-9-10-20/h1-8,14,20,22H,9-13,15-18H2,(H,28,31)/t22-/m0/s1. The molecule has 8 nitrogen and oxygen atoms in total. The van der Waals surface area contributed by atoms with Gasteiger partial charge in [0, 0.05) is 62.3 Å². The first-order valence-corrected chi connectivity index (χ1v) is 12.1. The van der Waals surface area contributed by atoms with Crippen molar-refractivity contribution in [2.45, 2.75) is 43.9 Å². The van der Waals surface area contributed by atoms with E-state index in [4.69, 9.17) is 4.74 Å². The summed E-state index contributed by atoms with van der Waals surface area (Å²) in [6.45, 7) is 1.63. The van der Waals surface area contributed by atoms with E-state index in [1.165, 1.54) is 0 Å². The van der Waals surface area contributed by atoms with Gasteiger partial charge in [0.15, 0.2) is 0 Å². The van der Waals surface area contributed by atoms with Crippen LogP contribution in [0.25, 0.3) is 0 Å². The van der Waals surface area contributed by atoms with Crippen LogP contribution in [0.5, 0.6) is 0 Å². The largest absolute Gasteiger partial charge is 0.354 e. The zero-order valence-electron chi connectivity index (χ0n) is 19.2. The Morgan fingerprint density at radius 1 is 1.03 bits per heavy atom. The molecule has 0 unspecified atom stereocenters. The Morgan fingerprint density at radius 3 is 2.44 bits per heavy atom. The van der Waals surface area contributed by atoms with Gasteiger partial charge in [-0.1, -0.05) is 24.3 Å². The number of hydrogen-bond donors (Lipinski definition) is 1. The second-order valence-electron chi connectivity index (χ2n) is 9.28. The molecule has 1 atom stereocenters. The molecule has 2 aliphatic heterocycles. The van der Waals surface area contributed by atoms with Gasteiger partial charge in [-0.25, -0.2) is 0 Å². The van der Waals surface area contributed by atoms with E-state index in [0.29, 0.717) is 44.5 Å². The molecule has 34 heavy (non-hydrogen) atoms. The van der Waals surface area contributed by atoms with Crippen molar-refractivity contribution in [1.82, 2.24) is 20.1 Å². The number of nitrogens with zero attached hydrogens (tertiary/aromatic N) is 3. The van der Waals surface area contributed by atoms with E-state index in [0.717, 1.165) is 18.5 Å². The topological polar surface area (TPSA) is 91.8 Å². The van der Waals surface area contributed by atoms with Crippen molar-refractivity contribution < 1.29 is 19.1 Å². The Balaban J connectivity index is 1.31. The van der Waals surface area contributed by atoms with E-state index in [1.54, 1.807) is 23.2 Å². The van der Waals surface area contributed by atoms with Gasteiger partial charge >= 0.3 is 0 Å². The lowest BCUT2D eigenvalue weighted by atomic mass is 9.96. The van der Waals surface area contributed by atoms with E-state index < -0.39 is 11.8 Å². The van der Waals surface area contributed by atoms with Crippen LogP contribution in [0.4, 0.5) is 0 Å². The number of amides is 3. The van der Waals surface area contributed by atoms with Crippen molar-refractivity contribution in [1.29, 1.82) is 0 Å². The van der Waals surface area contributed by atoms with Crippen LogP contribution in [0, 0.1) is 5.92 Å². The molecule has 2 aromatic rings. The van der Waals surface area contributed by atoms with E-state index >= 15 is 0 Å². The number of hydrogen-bond acceptors (Lipinski definition) is 5. The second-order valence-corrected chi connectivity index (χ2v) is 9.28. The molecule has 8 heteroatoms. The van der Waals surface area contributed by atoms with Gasteiger partial charge in [-0.15, -0.1) is 0 Å². The van der Waals surface area contributed by atoms with Gasteiger partial charge < -0.3 is 15.0 Å². The number of ether oxygens (including phenoxy) is 1. The number of carbonyl (C=O) groups is 3. The van der Waals surface area contributed by atoms with E-state index in [1.807, 2.05) is 41.3 Å². The van der Waals surface area contributed by atoms with Crippen molar-refractivity contribution in [3.63, 3.8) is 0 Å². The average molecular weight is 463 g/mol. The fraction of sp³-hybridized carbons (Fsp3) is 0.462. The molecule has 3 fully saturated rings. The van der Waals surface area contributed by atoms with Crippen LogP contribution >= 0.6 is 0 Å². The fourth-order valence-corrected chi connectivity index (χ4v) is 4.93. The van der Waals surface area contributed by atoms with Crippen molar-refractivity contribution in [3.8, 4) is 0 Å². The minimum Gasteiger partial charge on any atom is -0.354 e. The Morgan fingerprint density at radius 2 is 1.76 bits per heavy atom. The summed E-state index contributed by atoms with van der Waals surface area (Å²) in [5, 5.41) is 2.96. The highest BCUT2D eigenvalue weighted by atomic mass is 16.5. The first-order chi connectivity index (χ1) is 16.6. The lowest BCUT2D eigenvalue weighted by Gasteiger charge is -2.44. The first kappa shape index (κ1) is 22.5. The Labute approximate surface area is 199 Å². The summed E-state index contributed by atoms with van der Waals surface area (Å²) >= 11 is 0. The number of benzene rings is 1. The minimum atomic E-state index is -0.879. The van der Waals surface area contributed by atoms with Gasteiger partial charge in [0.2, 0.25) is 11.8 Å². The monoisotopic (exact) mass is 462 g/mol. The van der Waals surface area contributed by atoms with Crippen LogP contribution in [0.3, 0.4) is 0 Å². The molecule has 1 aromatic heterocycles. The SMILES string of the molecule is O=C(NCCc1ccccn1)[C@@H]1COC2(CCN(C(=O)C3CC3)CC2)N1C(=O)c1ccccc1. The smallest absolute Gasteiger partial charge is 0.256 e. The predicted octanol–water partition coefficient (Wildman–Crippen LogP) is 2.01. The van der Waals surface area contributed by atoms with Gasteiger partial charge in [-0.3, -0.25) is 24.3 Å². The maximum atomic E-state index is 13.6. The number of aromatic nitrogens is 1. The van der Waals surface area contributed by atoms with Crippen LogP contribution in [-0.2, 0) is 20.7 Å². The lowest BCUT2D eigenvalue weighted by molar-refractivity contribution is -0.144. The third-order valence-electron chi connectivity index (χ3n) is 6.99. The zero-order chi connectivity index (χ0) is 23.5. The summed E-state index contributed by atoms with van der Waals surface area (Å²) in [6.07, 6.45) is 5.28. The highest BCUT2D eigenvalue weighted by Crippen LogP contribution is 2.40. The maximum Gasteiger partial charge on any atom is 0.256 e. The molecule has 2 saturated heterocycles. The van der Waals surface area contributed by atoms with Crippen molar-refractivity contribution in [2.24, 2.45) is 5.92 Å². The van der Waals surface area contributed by atoms with Gasteiger partial charge in [0.05, 0.1) is 6.61 Å². The fourth-order valence-electron chi connectivity index (χ4n) is 4.93. The summed E-state index contributed by atoms with van der Waals surface area (Å²) < 4.78 is 6.23. The van der Waals surface area contributed by atoms with Crippen LogP contribution in [0.1, 0.15) is 41.7 Å². The van der Waals surface area contributed by atoms with Crippen LogP contribution in [-0.4, -0.2) is 70.5 Å². The molecule has 3 amide bonds. The molecule has 0 radical (unpaired) electrons. The third-order valence-corrected chi connectivity index (χ3v) is 6.99. The minimum absolute atomic E-state index is 0.143. The lowest BCUT2D eigenvalue weighted by Crippen LogP contribution is -2.60. The van der Waals surface area contributed by atoms with Gasteiger partial charge in [-0.05, 0) is 37.1 Å². The molecular formula is C26H30N4O4. The summed E-state index contributed by atoms with van der Waals surface area (Å²) in [7, 11) is 0. The third kappa shape index (κ3) is 4.55. The zero-order valence-corrected chi connectivity index (χ0v) is 19.2. The van der Waals surface area contributed by atoms with Gasteiger partial charge in [0.1, 0.15) is 11.8 Å². The normalized spacial score (nSPS) is 21.5. The van der Waals surface area contributed by atoms with Gasteiger partial charge in [0.25, 0.3) is 5.91 Å². The molecule has 178 valence electrons. The molecule has 3 aliphatic rings. The van der Waals surface area contributed by atoms with E-state index in [2.05, 4.69) is 10.3 Å². The number of rotatable bonds is 6. The average Bonchev–Trinajstić information content (AvgIpc) is 3.67. The van der Waals surface area contributed by atoms with Crippen LogP contribution in [0.2, 0.25) is 0 Å². The molecule has 1 saturated carbocycles. The number of nitrogens with one attached hydrogen (secondary N) is 1. The molecule has 5 rings (SSSR count). The molecule has 1 N–H and O–H groups in total. The second kappa shape index (κ2) is 9.54.